The molecule has 0 aliphatic heterocycles. The fourth-order valence-corrected chi connectivity index (χ4v) is 2.68. The van der Waals surface area contributed by atoms with E-state index in [4.69, 9.17) is 45.3 Å². The monoisotopic (exact) mass is 393 g/mol. The normalized spacial score (nSPS) is 10.7. The topological polar surface area (TPSA) is 35.2 Å². The minimum atomic E-state index is 0.458. The van der Waals surface area contributed by atoms with E-state index in [0.29, 0.717) is 44.0 Å². The van der Waals surface area contributed by atoms with Gasteiger partial charge < -0.3 is 10.5 Å². The Morgan fingerprint density at radius 2 is 1.75 bits per heavy atom. The first-order valence-electron chi connectivity index (χ1n) is 5.82. The molecule has 20 heavy (non-hydrogen) atoms. The summed E-state index contributed by atoms with van der Waals surface area (Å²) < 4.78 is 6.55. The van der Waals surface area contributed by atoms with Crippen LogP contribution in [0.1, 0.15) is 5.56 Å². The Kier molecular flexibility index (Phi) is 5.58. The zero-order valence-corrected chi connectivity index (χ0v) is 14.2. The maximum Gasteiger partial charge on any atom is 0.147 e. The first kappa shape index (κ1) is 15.9. The van der Waals surface area contributed by atoms with Crippen molar-refractivity contribution in [1.29, 1.82) is 0 Å². The molecule has 2 nitrogen and oxygen atoms in total. The van der Waals surface area contributed by atoms with Gasteiger partial charge in [0, 0.05) is 15.6 Å². The van der Waals surface area contributed by atoms with Crippen molar-refractivity contribution in [2.24, 2.45) is 5.73 Å². The Morgan fingerprint density at radius 1 is 1.00 bits per heavy atom. The van der Waals surface area contributed by atoms with E-state index in [1.165, 1.54) is 0 Å². The fraction of sp³-hybridized carbons (Fsp3) is 0.143. The van der Waals surface area contributed by atoms with E-state index in [1.54, 1.807) is 24.3 Å². The van der Waals surface area contributed by atoms with Crippen molar-refractivity contribution < 1.29 is 4.74 Å². The highest BCUT2D eigenvalue weighted by Crippen LogP contribution is 2.38. The molecule has 0 aliphatic carbocycles. The van der Waals surface area contributed by atoms with E-state index in [1.807, 2.05) is 6.07 Å². The van der Waals surface area contributed by atoms with E-state index < -0.39 is 0 Å². The predicted octanol–water partition coefficient (Wildman–Crippen LogP) is 5.70. The minimum Gasteiger partial charge on any atom is -0.455 e. The second-order valence-electron chi connectivity index (χ2n) is 4.09. The van der Waals surface area contributed by atoms with E-state index in [9.17, 15) is 0 Å². The summed E-state index contributed by atoms with van der Waals surface area (Å²) in [6.45, 7) is 0.521. The molecule has 6 heteroatoms. The van der Waals surface area contributed by atoms with Gasteiger partial charge in [-0.1, -0.05) is 40.9 Å². The van der Waals surface area contributed by atoms with Gasteiger partial charge >= 0.3 is 0 Å². The molecule has 0 unspecified atom stereocenters. The summed E-state index contributed by atoms with van der Waals surface area (Å²) in [5.41, 5.74) is 6.56. The highest BCUT2D eigenvalue weighted by atomic mass is 79.9. The quantitative estimate of drug-likeness (QED) is 0.674. The number of rotatable bonds is 4. The fourth-order valence-electron chi connectivity index (χ4n) is 1.69. The summed E-state index contributed by atoms with van der Waals surface area (Å²) in [6, 6.07) is 8.76. The number of hydrogen-bond donors (Lipinski definition) is 1. The molecule has 0 bridgehead atoms. The van der Waals surface area contributed by atoms with E-state index >= 15 is 0 Å². The zero-order valence-electron chi connectivity index (χ0n) is 10.3. The van der Waals surface area contributed by atoms with Crippen LogP contribution in [0.25, 0.3) is 0 Å². The van der Waals surface area contributed by atoms with Gasteiger partial charge in [0.25, 0.3) is 0 Å². The lowest BCUT2D eigenvalue weighted by Crippen LogP contribution is -2.04. The summed E-state index contributed by atoms with van der Waals surface area (Å²) in [7, 11) is 0. The van der Waals surface area contributed by atoms with E-state index in [2.05, 4.69) is 15.9 Å². The van der Waals surface area contributed by atoms with Crippen LogP contribution in [0.3, 0.4) is 0 Å². The summed E-state index contributed by atoms with van der Waals surface area (Å²) in [4.78, 5) is 0. The van der Waals surface area contributed by atoms with Crippen LogP contribution in [0.5, 0.6) is 11.5 Å². The van der Waals surface area contributed by atoms with Gasteiger partial charge in [0.1, 0.15) is 11.5 Å². The summed E-state index contributed by atoms with van der Waals surface area (Å²) >= 11 is 21.5. The van der Waals surface area contributed by atoms with E-state index in [-0.39, 0.29) is 0 Å². The molecular formula is C14H11BrCl3NO. The molecule has 0 heterocycles. The summed E-state index contributed by atoms with van der Waals surface area (Å²) in [6.07, 6.45) is 0.689. The van der Waals surface area contributed by atoms with Gasteiger partial charge in [-0.15, -0.1) is 0 Å². The molecule has 0 aliphatic rings. The van der Waals surface area contributed by atoms with Crippen LogP contribution in [-0.2, 0) is 6.42 Å². The third-order valence-electron chi connectivity index (χ3n) is 2.64. The van der Waals surface area contributed by atoms with Gasteiger partial charge in [-0.05, 0) is 52.7 Å². The highest BCUT2D eigenvalue weighted by Gasteiger charge is 2.11. The van der Waals surface area contributed by atoms with Gasteiger partial charge in [-0.3, -0.25) is 0 Å². The Hall–Kier alpha value is -0.450. The number of nitrogens with two attached hydrogens (primary N) is 1. The maximum atomic E-state index is 6.15. The van der Waals surface area contributed by atoms with Crippen molar-refractivity contribution >= 4 is 50.7 Å². The predicted molar refractivity (Wildman–Crippen MR) is 88.4 cm³/mol. The molecule has 106 valence electrons. The minimum absolute atomic E-state index is 0.458. The Labute approximate surface area is 140 Å². The third kappa shape index (κ3) is 3.80. The van der Waals surface area contributed by atoms with Crippen molar-refractivity contribution in [1.82, 2.24) is 0 Å². The summed E-state index contributed by atoms with van der Waals surface area (Å²) in [5.74, 6) is 1.10. The van der Waals surface area contributed by atoms with Gasteiger partial charge in [0.05, 0.1) is 10.0 Å². The van der Waals surface area contributed by atoms with Crippen molar-refractivity contribution in [2.75, 3.05) is 6.54 Å². The Balaban J connectivity index is 2.38. The van der Waals surface area contributed by atoms with Crippen LogP contribution in [0, 0.1) is 0 Å². The Bertz CT molecular complexity index is 634. The van der Waals surface area contributed by atoms with Gasteiger partial charge in [-0.25, -0.2) is 0 Å². The SMILES string of the molecule is NCCc1ccc(Cl)cc1Oc1cc(Cl)c(Br)cc1Cl. The van der Waals surface area contributed by atoms with Crippen LogP contribution in [0.15, 0.2) is 34.8 Å². The lowest BCUT2D eigenvalue weighted by molar-refractivity contribution is 0.476. The van der Waals surface area contributed by atoms with Crippen LogP contribution in [0.4, 0.5) is 0 Å². The van der Waals surface area contributed by atoms with Crippen LogP contribution < -0.4 is 10.5 Å². The maximum absolute atomic E-state index is 6.15. The summed E-state index contributed by atoms with van der Waals surface area (Å²) in [5, 5.41) is 1.56. The lowest BCUT2D eigenvalue weighted by atomic mass is 10.1. The van der Waals surface area contributed by atoms with Crippen LogP contribution in [0.2, 0.25) is 15.1 Å². The molecule has 2 aromatic rings. The first-order valence-corrected chi connectivity index (χ1v) is 7.75. The highest BCUT2D eigenvalue weighted by molar-refractivity contribution is 9.10. The molecule has 0 fully saturated rings. The standard InChI is InChI=1S/C14H11BrCl3NO/c15-10-6-12(18)14(7-11(10)17)20-13-5-9(16)2-1-8(13)3-4-19/h1-2,5-7H,3-4,19H2. The molecule has 2 rings (SSSR count). The first-order chi connectivity index (χ1) is 9.51. The van der Waals surface area contributed by atoms with Crippen LogP contribution in [-0.4, -0.2) is 6.54 Å². The van der Waals surface area contributed by atoms with Crippen molar-refractivity contribution in [2.45, 2.75) is 6.42 Å². The molecule has 2 N–H and O–H groups in total. The molecule has 0 atom stereocenters. The largest absolute Gasteiger partial charge is 0.455 e. The van der Waals surface area contributed by atoms with Gasteiger partial charge in [0.2, 0.25) is 0 Å². The molecule has 0 saturated heterocycles. The average Bonchev–Trinajstić information content (AvgIpc) is 2.39. The molecule has 0 aromatic heterocycles. The second kappa shape index (κ2) is 7.01. The van der Waals surface area contributed by atoms with Crippen molar-refractivity contribution in [3.63, 3.8) is 0 Å². The second-order valence-corrected chi connectivity index (χ2v) is 6.19. The lowest BCUT2D eigenvalue weighted by Gasteiger charge is -2.13. The number of halogens is 4. The third-order valence-corrected chi connectivity index (χ3v) is 4.37. The number of benzene rings is 2. The number of ether oxygens (including phenoxy) is 1. The molecule has 0 radical (unpaired) electrons. The average molecular weight is 396 g/mol. The van der Waals surface area contributed by atoms with Gasteiger partial charge in [0.15, 0.2) is 0 Å². The van der Waals surface area contributed by atoms with Gasteiger partial charge in [-0.2, -0.15) is 0 Å². The number of hydrogen-bond acceptors (Lipinski definition) is 2. The van der Waals surface area contributed by atoms with Crippen LogP contribution >= 0.6 is 50.7 Å². The molecule has 0 spiro atoms. The molecule has 2 aromatic carbocycles. The molecule has 0 amide bonds. The molecular weight excluding hydrogens is 384 g/mol. The Morgan fingerprint density at radius 3 is 2.45 bits per heavy atom. The van der Waals surface area contributed by atoms with Crippen molar-refractivity contribution in [3.8, 4) is 11.5 Å². The van der Waals surface area contributed by atoms with Crippen molar-refractivity contribution in [3.05, 3.63) is 55.4 Å². The molecule has 0 saturated carbocycles. The zero-order chi connectivity index (χ0) is 14.7. The van der Waals surface area contributed by atoms with E-state index in [0.717, 1.165) is 5.56 Å². The smallest absolute Gasteiger partial charge is 0.147 e.